The van der Waals surface area contributed by atoms with Crippen molar-refractivity contribution < 1.29 is 4.79 Å². The number of carbonyl (C=O) groups excluding carboxylic acids is 1. The van der Waals surface area contributed by atoms with E-state index in [-0.39, 0.29) is 11.8 Å². The van der Waals surface area contributed by atoms with Crippen molar-refractivity contribution in [2.45, 2.75) is 26.3 Å². The molecule has 0 spiro atoms. The largest absolute Gasteiger partial charge is 0.341 e. The molecule has 1 saturated heterocycles. The summed E-state index contributed by atoms with van der Waals surface area (Å²) in [6.07, 6.45) is 0.788. The topological polar surface area (TPSA) is 49.6 Å². The summed E-state index contributed by atoms with van der Waals surface area (Å²) in [4.78, 5) is 16.3. The highest BCUT2D eigenvalue weighted by Gasteiger charge is 2.34. The Morgan fingerprint density at radius 2 is 2.12 bits per heavy atom. The smallest absolute Gasteiger partial charge is 0.225 e. The molecule has 1 heterocycles. The van der Waals surface area contributed by atoms with Gasteiger partial charge in [0.1, 0.15) is 0 Å². The van der Waals surface area contributed by atoms with Gasteiger partial charge in [-0.05, 0) is 33.0 Å². The number of amides is 1. The zero-order chi connectivity index (χ0) is 12.3. The van der Waals surface area contributed by atoms with Gasteiger partial charge in [-0.3, -0.25) is 4.79 Å². The first-order valence-electron chi connectivity index (χ1n) is 6.12. The summed E-state index contributed by atoms with van der Waals surface area (Å²) in [6, 6.07) is 0.494. The van der Waals surface area contributed by atoms with Crippen LogP contribution < -0.4 is 5.73 Å². The lowest BCUT2D eigenvalue weighted by Crippen LogP contribution is -2.37. The molecule has 3 unspecified atom stereocenters. The van der Waals surface area contributed by atoms with E-state index in [0.29, 0.717) is 18.5 Å². The van der Waals surface area contributed by atoms with E-state index in [9.17, 15) is 4.79 Å². The van der Waals surface area contributed by atoms with Crippen molar-refractivity contribution in [3.8, 4) is 0 Å². The van der Waals surface area contributed by atoms with Gasteiger partial charge in [-0.1, -0.05) is 13.8 Å². The Kier molecular flexibility index (Phi) is 4.74. The lowest BCUT2D eigenvalue weighted by molar-refractivity contribution is -0.134. The van der Waals surface area contributed by atoms with Crippen LogP contribution in [-0.4, -0.2) is 55.5 Å². The van der Waals surface area contributed by atoms with Gasteiger partial charge in [-0.15, -0.1) is 0 Å². The molecule has 1 rings (SSSR count). The minimum Gasteiger partial charge on any atom is -0.341 e. The molecule has 0 bridgehead atoms. The summed E-state index contributed by atoms with van der Waals surface area (Å²) in [5.41, 5.74) is 5.49. The van der Waals surface area contributed by atoms with Gasteiger partial charge < -0.3 is 15.5 Å². The Morgan fingerprint density at radius 3 is 2.56 bits per heavy atom. The maximum absolute atomic E-state index is 12.1. The summed E-state index contributed by atoms with van der Waals surface area (Å²) in [5.74, 6) is 0.892. The van der Waals surface area contributed by atoms with Crippen LogP contribution in [0.4, 0.5) is 0 Å². The van der Waals surface area contributed by atoms with Gasteiger partial charge in [0, 0.05) is 25.0 Å². The molecule has 0 aromatic rings. The minimum absolute atomic E-state index is 0.0677. The zero-order valence-corrected chi connectivity index (χ0v) is 10.9. The van der Waals surface area contributed by atoms with E-state index in [1.807, 2.05) is 11.8 Å². The highest BCUT2D eigenvalue weighted by atomic mass is 16.2. The van der Waals surface area contributed by atoms with Gasteiger partial charge in [-0.2, -0.15) is 0 Å². The molecule has 4 heteroatoms. The van der Waals surface area contributed by atoms with Gasteiger partial charge in [0.15, 0.2) is 0 Å². The summed E-state index contributed by atoms with van der Waals surface area (Å²) >= 11 is 0. The number of nitrogens with zero attached hydrogens (tertiary/aromatic N) is 2. The molecule has 0 radical (unpaired) electrons. The molecule has 0 aliphatic carbocycles. The fourth-order valence-electron chi connectivity index (χ4n) is 2.49. The molecule has 1 aliphatic rings. The average molecular weight is 227 g/mol. The van der Waals surface area contributed by atoms with Crippen LogP contribution in [0.2, 0.25) is 0 Å². The van der Waals surface area contributed by atoms with Crippen LogP contribution in [0.3, 0.4) is 0 Å². The third kappa shape index (κ3) is 2.95. The van der Waals surface area contributed by atoms with Crippen LogP contribution in [0.25, 0.3) is 0 Å². The average Bonchev–Trinajstić information content (AvgIpc) is 2.59. The van der Waals surface area contributed by atoms with E-state index in [1.165, 1.54) is 0 Å². The molecule has 94 valence electrons. The first kappa shape index (κ1) is 13.5. The molecule has 0 aromatic carbocycles. The van der Waals surface area contributed by atoms with E-state index in [2.05, 4.69) is 25.9 Å². The third-order valence-corrected chi connectivity index (χ3v) is 3.57. The minimum atomic E-state index is 0.0677. The number of hydrogen-bond acceptors (Lipinski definition) is 3. The predicted octanol–water partition coefficient (Wildman–Crippen LogP) is 0.380. The molecule has 0 aromatic heterocycles. The van der Waals surface area contributed by atoms with E-state index in [4.69, 9.17) is 5.73 Å². The summed E-state index contributed by atoms with van der Waals surface area (Å²) in [7, 11) is 4.16. The number of nitrogens with two attached hydrogens (primary N) is 1. The fraction of sp³-hybridized carbons (Fsp3) is 0.917. The van der Waals surface area contributed by atoms with Crippen molar-refractivity contribution >= 4 is 5.91 Å². The van der Waals surface area contributed by atoms with E-state index in [1.54, 1.807) is 0 Å². The normalized spacial score (nSPS) is 27.5. The van der Waals surface area contributed by atoms with Crippen molar-refractivity contribution in [2.24, 2.45) is 17.6 Å². The molecule has 2 N–H and O–H groups in total. The monoisotopic (exact) mass is 227 g/mol. The summed E-state index contributed by atoms with van der Waals surface area (Å²) in [5, 5.41) is 0. The molecule has 0 saturated carbocycles. The highest BCUT2D eigenvalue weighted by Crippen LogP contribution is 2.22. The Balaban J connectivity index is 2.54. The molecular formula is C12H25N3O. The van der Waals surface area contributed by atoms with Crippen LogP contribution in [0, 0.1) is 11.8 Å². The van der Waals surface area contributed by atoms with Gasteiger partial charge >= 0.3 is 0 Å². The van der Waals surface area contributed by atoms with Gasteiger partial charge in [0.05, 0.1) is 0 Å². The molecule has 1 amide bonds. The van der Waals surface area contributed by atoms with Crippen molar-refractivity contribution in [1.29, 1.82) is 0 Å². The maximum atomic E-state index is 12.1. The molecular weight excluding hydrogens is 202 g/mol. The molecule has 16 heavy (non-hydrogen) atoms. The SMILES string of the molecule is CC(CCN)C(=O)N1CC(C)C(N(C)C)C1. The van der Waals surface area contributed by atoms with Gasteiger partial charge in [0.25, 0.3) is 0 Å². The standard InChI is InChI=1S/C12H25N3O/c1-9(5-6-13)12(16)15-7-10(2)11(8-15)14(3)4/h9-11H,5-8,13H2,1-4H3. The first-order chi connectivity index (χ1) is 7.47. The molecule has 4 nitrogen and oxygen atoms in total. The van der Waals surface area contributed by atoms with Crippen molar-refractivity contribution in [1.82, 2.24) is 9.80 Å². The quantitative estimate of drug-likeness (QED) is 0.755. The van der Waals surface area contributed by atoms with Crippen LogP contribution in [0.15, 0.2) is 0 Å². The van der Waals surface area contributed by atoms with Crippen LogP contribution in [-0.2, 0) is 4.79 Å². The van der Waals surface area contributed by atoms with E-state index >= 15 is 0 Å². The first-order valence-corrected chi connectivity index (χ1v) is 6.12. The Hall–Kier alpha value is -0.610. The van der Waals surface area contributed by atoms with Crippen LogP contribution >= 0.6 is 0 Å². The summed E-state index contributed by atoms with van der Waals surface area (Å²) in [6.45, 7) is 6.53. The van der Waals surface area contributed by atoms with E-state index < -0.39 is 0 Å². The van der Waals surface area contributed by atoms with Gasteiger partial charge in [-0.25, -0.2) is 0 Å². The molecule has 1 fully saturated rings. The summed E-state index contributed by atoms with van der Waals surface area (Å²) < 4.78 is 0. The van der Waals surface area contributed by atoms with Crippen molar-refractivity contribution in [2.75, 3.05) is 33.7 Å². The number of likely N-dealkylation sites (tertiary alicyclic amines) is 1. The lowest BCUT2D eigenvalue weighted by Gasteiger charge is -2.23. The number of hydrogen-bond donors (Lipinski definition) is 1. The fourth-order valence-corrected chi connectivity index (χ4v) is 2.49. The number of likely N-dealkylation sites (N-methyl/N-ethyl adjacent to an activating group) is 1. The second-order valence-corrected chi connectivity index (χ2v) is 5.23. The van der Waals surface area contributed by atoms with Gasteiger partial charge in [0.2, 0.25) is 5.91 Å². The highest BCUT2D eigenvalue weighted by molar-refractivity contribution is 5.78. The second-order valence-electron chi connectivity index (χ2n) is 5.23. The maximum Gasteiger partial charge on any atom is 0.225 e. The van der Waals surface area contributed by atoms with Crippen LogP contribution in [0.5, 0.6) is 0 Å². The Morgan fingerprint density at radius 1 is 1.50 bits per heavy atom. The van der Waals surface area contributed by atoms with Crippen LogP contribution in [0.1, 0.15) is 20.3 Å². The zero-order valence-electron chi connectivity index (χ0n) is 10.9. The van der Waals surface area contributed by atoms with Crippen molar-refractivity contribution in [3.63, 3.8) is 0 Å². The number of rotatable bonds is 4. The van der Waals surface area contributed by atoms with Crippen molar-refractivity contribution in [3.05, 3.63) is 0 Å². The lowest BCUT2D eigenvalue weighted by atomic mass is 10.1. The predicted molar refractivity (Wildman–Crippen MR) is 66.1 cm³/mol. The number of carbonyl (C=O) groups is 1. The Labute approximate surface area is 98.8 Å². The molecule has 3 atom stereocenters. The Bertz CT molecular complexity index is 242. The second kappa shape index (κ2) is 5.64. The molecule has 1 aliphatic heterocycles. The third-order valence-electron chi connectivity index (χ3n) is 3.57. The van der Waals surface area contributed by atoms with E-state index in [0.717, 1.165) is 19.5 Å².